The molecule has 0 aliphatic carbocycles. The molecule has 5 heteroatoms. The van der Waals surface area contributed by atoms with Crippen molar-refractivity contribution in [3.8, 4) is 28.3 Å². The van der Waals surface area contributed by atoms with Crippen LogP contribution in [-0.4, -0.2) is 21.9 Å². The van der Waals surface area contributed by atoms with Gasteiger partial charge < -0.3 is 9.30 Å². The smallest absolute Gasteiger partial charge is 0.123 e. The van der Waals surface area contributed by atoms with Gasteiger partial charge in [0, 0.05) is 29.3 Å². The highest BCUT2D eigenvalue weighted by Gasteiger charge is 2.20. The van der Waals surface area contributed by atoms with Crippen LogP contribution in [0.25, 0.3) is 33.4 Å². The monoisotopic (exact) mass is 383 g/mol. The van der Waals surface area contributed by atoms with E-state index in [0.717, 1.165) is 44.7 Å². The second-order valence-electron chi connectivity index (χ2n) is 6.94. The number of nitrogens with zero attached hydrogens (tertiary/aromatic N) is 3. The van der Waals surface area contributed by atoms with Crippen molar-refractivity contribution in [1.29, 1.82) is 0 Å². The SMILES string of the molecule is COc1cccc(Cn2cc3c(-c4ccc(F)cc4)nnc-3c3ccccc32)c1. The van der Waals surface area contributed by atoms with Gasteiger partial charge in [0.25, 0.3) is 0 Å². The van der Waals surface area contributed by atoms with Crippen LogP contribution in [0.2, 0.25) is 0 Å². The fraction of sp³-hybridized carbons (Fsp3) is 0.0833. The molecule has 3 aromatic carbocycles. The van der Waals surface area contributed by atoms with Crippen LogP contribution in [0.15, 0.2) is 79.0 Å². The summed E-state index contributed by atoms with van der Waals surface area (Å²) in [5.74, 6) is 0.563. The van der Waals surface area contributed by atoms with Crippen LogP contribution in [0.4, 0.5) is 4.39 Å². The number of fused-ring (bicyclic) bond motifs is 3. The van der Waals surface area contributed by atoms with Gasteiger partial charge in [0.15, 0.2) is 0 Å². The maximum absolute atomic E-state index is 13.4. The molecule has 2 aliphatic heterocycles. The standard InChI is InChI=1S/C24H18FN3O/c1-29-19-6-4-5-16(13-19)14-28-15-21-23(17-9-11-18(25)12-10-17)26-27-24(21)20-7-2-3-8-22(20)28/h2-13,15H,14H2,1H3. The molecule has 0 radical (unpaired) electrons. The zero-order valence-electron chi connectivity index (χ0n) is 15.8. The van der Waals surface area contributed by atoms with E-state index >= 15 is 0 Å². The van der Waals surface area contributed by atoms with Crippen LogP contribution in [0.5, 0.6) is 5.75 Å². The van der Waals surface area contributed by atoms with E-state index < -0.39 is 0 Å². The van der Waals surface area contributed by atoms with E-state index in [9.17, 15) is 4.39 Å². The van der Waals surface area contributed by atoms with Crippen molar-refractivity contribution in [2.24, 2.45) is 0 Å². The zero-order chi connectivity index (χ0) is 19.8. The number of rotatable bonds is 4. The number of aromatic nitrogens is 3. The first-order valence-electron chi connectivity index (χ1n) is 9.36. The molecule has 2 aliphatic rings. The van der Waals surface area contributed by atoms with Crippen molar-refractivity contribution >= 4 is 10.9 Å². The molecule has 29 heavy (non-hydrogen) atoms. The van der Waals surface area contributed by atoms with Gasteiger partial charge in [0.2, 0.25) is 0 Å². The molecule has 3 aromatic rings. The Morgan fingerprint density at radius 3 is 2.52 bits per heavy atom. The summed E-state index contributed by atoms with van der Waals surface area (Å²) in [4.78, 5) is 0. The van der Waals surface area contributed by atoms with Crippen LogP contribution >= 0.6 is 0 Å². The van der Waals surface area contributed by atoms with E-state index in [-0.39, 0.29) is 5.82 Å². The molecule has 0 saturated carbocycles. The van der Waals surface area contributed by atoms with Crippen molar-refractivity contribution in [3.05, 3.63) is 90.4 Å². The number of para-hydroxylation sites is 1. The summed E-state index contributed by atoms with van der Waals surface area (Å²) < 4.78 is 20.9. The maximum atomic E-state index is 13.4. The third-order valence-electron chi connectivity index (χ3n) is 5.12. The quantitative estimate of drug-likeness (QED) is 0.417. The minimum absolute atomic E-state index is 0.267. The zero-order valence-corrected chi connectivity index (χ0v) is 15.8. The van der Waals surface area contributed by atoms with E-state index in [1.54, 1.807) is 19.2 Å². The molecule has 0 spiro atoms. The van der Waals surface area contributed by atoms with Crippen molar-refractivity contribution in [1.82, 2.24) is 14.8 Å². The number of hydrogen-bond acceptors (Lipinski definition) is 3. The van der Waals surface area contributed by atoms with Gasteiger partial charge in [-0.2, -0.15) is 0 Å². The number of ether oxygens (including phenoxy) is 1. The lowest BCUT2D eigenvalue weighted by atomic mass is 10.0. The highest BCUT2D eigenvalue weighted by Crippen LogP contribution is 2.36. The number of pyridine rings is 1. The summed E-state index contributed by atoms with van der Waals surface area (Å²) in [5.41, 5.74) is 5.60. The summed E-state index contributed by atoms with van der Waals surface area (Å²) in [6.45, 7) is 0.682. The third-order valence-corrected chi connectivity index (χ3v) is 5.12. The first-order chi connectivity index (χ1) is 14.2. The Morgan fingerprint density at radius 2 is 1.69 bits per heavy atom. The first-order valence-corrected chi connectivity index (χ1v) is 9.36. The molecular formula is C24H18FN3O. The van der Waals surface area contributed by atoms with Gasteiger partial charge in [-0.15, -0.1) is 10.2 Å². The van der Waals surface area contributed by atoms with E-state index in [2.05, 4.69) is 39.2 Å². The second-order valence-corrected chi connectivity index (χ2v) is 6.94. The van der Waals surface area contributed by atoms with Gasteiger partial charge in [0.05, 0.1) is 12.6 Å². The van der Waals surface area contributed by atoms with Crippen molar-refractivity contribution < 1.29 is 9.13 Å². The van der Waals surface area contributed by atoms with Crippen LogP contribution in [0.1, 0.15) is 5.56 Å². The number of methoxy groups -OCH3 is 1. The van der Waals surface area contributed by atoms with Crippen molar-refractivity contribution in [3.63, 3.8) is 0 Å². The average molecular weight is 383 g/mol. The maximum Gasteiger partial charge on any atom is 0.123 e. The summed E-state index contributed by atoms with van der Waals surface area (Å²) >= 11 is 0. The predicted molar refractivity (Wildman–Crippen MR) is 112 cm³/mol. The van der Waals surface area contributed by atoms with Gasteiger partial charge >= 0.3 is 0 Å². The minimum atomic E-state index is -0.267. The number of halogens is 1. The predicted octanol–water partition coefficient (Wildman–Crippen LogP) is 5.40. The Balaban J connectivity index is 1.69. The fourth-order valence-electron chi connectivity index (χ4n) is 3.71. The molecule has 0 aromatic heterocycles. The number of hydrogen-bond donors (Lipinski definition) is 0. The molecule has 2 heterocycles. The Hall–Kier alpha value is -3.73. The van der Waals surface area contributed by atoms with E-state index in [4.69, 9.17) is 4.74 Å². The molecule has 0 amide bonds. The molecule has 0 N–H and O–H groups in total. The second kappa shape index (κ2) is 7.02. The molecule has 0 atom stereocenters. The molecular weight excluding hydrogens is 365 g/mol. The minimum Gasteiger partial charge on any atom is -0.497 e. The Morgan fingerprint density at radius 1 is 0.897 bits per heavy atom. The van der Waals surface area contributed by atoms with Crippen molar-refractivity contribution in [2.45, 2.75) is 6.54 Å². The summed E-state index contributed by atoms with van der Waals surface area (Å²) in [5, 5.41) is 9.90. The molecule has 0 saturated heterocycles. The normalized spacial score (nSPS) is 11.2. The molecule has 4 nitrogen and oxygen atoms in total. The molecule has 142 valence electrons. The van der Waals surface area contributed by atoms with Crippen LogP contribution in [0, 0.1) is 5.82 Å². The molecule has 0 unspecified atom stereocenters. The van der Waals surface area contributed by atoms with Crippen LogP contribution in [-0.2, 0) is 6.54 Å². The van der Waals surface area contributed by atoms with E-state index in [1.165, 1.54) is 12.1 Å². The Bertz CT molecular complexity index is 1280. The molecule has 5 rings (SSSR count). The highest BCUT2D eigenvalue weighted by molar-refractivity contribution is 5.97. The lowest BCUT2D eigenvalue weighted by Gasteiger charge is -2.15. The Kier molecular flexibility index (Phi) is 4.21. The van der Waals surface area contributed by atoms with E-state index in [0.29, 0.717) is 6.54 Å². The number of benzene rings is 3. The van der Waals surface area contributed by atoms with Crippen LogP contribution in [0.3, 0.4) is 0 Å². The summed E-state index contributed by atoms with van der Waals surface area (Å²) in [7, 11) is 1.67. The topological polar surface area (TPSA) is 39.9 Å². The summed E-state index contributed by atoms with van der Waals surface area (Å²) in [6.07, 6.45) is 2.08. The van der Waals surface area contributed by atoms with Crippen molar-refractivity contribution in [2.75, 3.05) is 7.11 Å². The van der Waals surface area contributed by atoms with Gasteiger partial charge in [-0.1, -0.05) is 30.3 Å². The van der Waals surface area contributed by atoms with Gasteiger partial charge in [-0.05, 0) is 48.0 Å². The highest BCUT2D eigenvalue weighted by atomic mass is 19.1. The van der Waals surface area contributed by atoms with Gasteiger partial charge in [-0.25, -0.2) is 4.39 Å². The lowest BCUT2D eigenvalue weighted by molar-refractivity contribution is 0.414. The average Bonchev–Trinajstić information content (AvgIpc) is 3.19. The van der Waals surface area contributed by atoms with E-state index in [1.807, 2.05) is 30.3 Å². The van der Waals surface area contributed by atoms with Crippen LogP contribution < -0.4 is 4.74 Å². The summed E-state index contributed by atoms with van der Waals surface area (Å²) in [6, 6.07) is 22.6. The van der Waals surface area contributed by atoms with Gasteiger partial charge in [-0.3, -0.25) is 0 Å². The largest absolute Gasteiger partial charge is 0.497 e. The molecule has 0 fully saturated rings. The lowest BCUT2D eigenvalue weighted by Crippen LogP contribution is -2.04. The van der Waals surface area contributed by atoms with Gasteiger partial charge in [0.1, 0.15) is 23.0 Å². The molecule has 0 bridgehead atoms. The fourth-order valence-corrected chi connectivity index (χ4v) is 3.71. The first kappa shape index (κ1) is 17.4. The Labute approximate surface area is 167 Å². The third kappa shape index (κ3) is 3.10.